The number of hydrogen-bond donors (Lipinski definition) is 2. The van der Waals surface area contributed by atoms with Gasteiger partial charge in [0.05, 0.1) is 7.11 Å². The Kier molecular flexibility index (Phi) is 6.49. The molecule has 0 radical (unpaired) electrons. The van der Waals surface area contributed by atoms with E-state index in [-0.39, 0.29) is 29.5 Å². The summed E-state index contributed by atoms with van der Waals surface area (Å²) in [6.45, 7) is 0.280. The Morgan fingerprint density at radius 3 is 2.48 bits per heavy atom. The SMILES string of the molecule is COc1ccc(NC(=O)NCc2ccc(F)c(C)c2)cc1OCC(F)(F)F. The van der Waals surface area contributed by atoms with Gasteiger partial charge in [-0.05, 0) is 36.2 Å². The lowest BCUT2D eigenvalue weighted by atomic mass is 10.1. The number of carbonyl (C=O) groups excluding carboxylic acids is 1. The molecule has 0 aromatic heterocycles. The van der Waals surface area contributed by atoms with E-state index < -0.39 is 18.8 Å². The maximum absolute atomic E-state index is 13.2. The number of amides is 2. The van der Waals surface area contributed by atoms with Crippen molar-refractivity contribution in [3.63, 3.8) is 0 Å². The van der Waals surface area contributed by atoms with E-state index in [0.717, 1.165) is 0 Å². The van der Waals surface area contributed by atoms with Crippen LogP contribution in [0, 0.1) is 12.7 Å². The van der Waals surface area contributed by atoms with Gasteiger partial charge in [-0.1, -0.05) is 12.1 Å². The van der Waals surface area contributed by atoms with Crippen molar-refractivity contribution in [2.45, 2.75) is 19.6 Å². The molecule has 0 aliphatic rings. The van der Waals surface area contributed by atoms with Crippen LogP contribution in [0.2, 0.25) is 0 Å². The Balaban J connectivity index is 1.98. The largest absolute Gasteiger partial charge is 0.493 e. The van der Waals surface area contributed by atoms with Crippen molar-refractivity contribution < 1.29 is 31.8 Å². The lowest BCUT2D eigenvalue weighted by Crippen LogP contribution is -2.28. The van der Waals surface area contributed by atoms with E-state index in [1.165, 1.54) is 31.4 Å². The van der Waals surface area contributed by atoms with E-state index in [1.54, 1.807) is 19.1 Å². The van der Waals surface area contributed by atoms with Crippen LogP contribution in [-0.4, -0.2) is 25.9 Å². The summed E-state index contributed by atoms with van der Waals surface area (Å²) >= 11 is 0. The highest BCUT2D eigenvalue weighted by Crippen LogP contribution is 2.31. The summed E-state index contributed by atoms with van der Waals surface area (Å²) in [6, 6.07) is 7.94. The molecule has 0 bridgehead atoms. The molecule has 2 rings (SSSR count). The Morgan fingerprint density at radius 1 is 1.11 bits per heavy atom. The molecule has 0 fully saturated rings. The van der Waals surface area contributed by atoms with Gasteiger partial charge < -0.3 is 20.1 Å². The number of hydrogen-bond acceptors (Lipinski definition) is 3. The van der Waals surface area contributed by atoms with Gasteiger partial charge in [0.25, 0.3) is 0 Å². The highest BCUT2D eigenvalue weighted by molar-refractivity contribution is 5.89. The van der Waals surface area contributed by atoms with Crippen LogP contribution in [0.25, 0.3) is 0 Å². The molecule has 0 heterocycles. The molecule has 9 heteroatoms. The number of alkyl halides is 3. The average Bonchev–Trinajstić information content (AvgIpc) is 2.60. The molecule has 0 saturated carbocycles. The van der Waals surface area contributed by atoms with E-state index in [0.29, 0.717) is 11.1 Å². The lowest BCUT2D eigenvalue weighted by Gasteiger charge is -2.14. The molecule has 0 spiro atoms. The molecule has 27 heavy (non-hydrogen) atoms. The van der Waals surface area contributed by atoms with Gasteiger partial charge in [0, 0.05) is 18.3 Å². The number of halogens is 4. The normalized spacial score (nSPS) is 11.0. The molecule has 2 aromatic carbocycles. The van der Waals surface area contributed by atoms with Gasteiger partial charge in [-0.15, -0.1) is 0 Å². The maximum atomic E-state index is 13.2. The Labute approximate surface area is 153 Å². The minimum atomic E-state index is -4.50. The van der Waals surface area contributed by atoms with Crippen molar-refractivity contribution in [1.82, 2.24) is 5.32 Å². The number of nitrogens with one attached hydrogen (secondary N) is 2. The predicted molar refractivity (Wildman–Crippen MR) is 91.5 cm³/mol. The number of methoxy groups -OCH3 is 1. The van der Waals surface area contributed by atoms with Gasteiger partial charge in [-0.2, -0.15) is 13.2 Å². The van der Waals surface area contributed by atoms with Crippen LogP contribution in [0.5, 0.6) is 11.5 Å². The van der Waals surface area contributed by atoms with Crippen molar-refractivity contribution >= 4 is 11.7 Å². The van der Waals surface area contributed by atoms with Gasteiger partial charge in [0.1, 0.15) is 5.82 Å². The van der Waals surface area contributed by atoms with Crippen molar-refractivity contribution in [2.24, 2.45) is 0 Å². The van der Waals surface area contributed by atoms with E-state index in [9.17, 15) is 22.4 Å². The summed E-state index contributed by atoms with van der Waals surface area (Å²) < 4.78 is 59.9. The van der Waals surface area contributed by atoms with Crippen LogP contribution in [0.4, 0.5) is 28.0 Å². The Hall–Kier alpha value is -2.97. The number of anilines is 1. The summed E-state index contributed by atoms with van der Waals surface area (Å²) in [4.78, 5) is 12.0. The standard InChI is InChI=1S/C18H18F4N2O3/c1-11-7-12(3-5-14(11)19)9-23-17(25)24-13-4-6-15(26-2)16(8-13)27-10-18(20,21)22/h3-8H,9-10H2,1-2H3,(H2,23,24,25). The molecule has 146 valence electrons. The van der Waals surface area contributed by atoms with Crippen LogP contribution in [0.15, 0.2) is 36.4 Å². The monoisotopic (exact) mass is 386 g/mol. The molecule has 0 aliphatic carbocycles. The third-order valence-corrected chi connectivity index (χ3v) is 3.49. The van der Waals surface area contributed by atoms with Crippen LogP contribution < -0.4 is 20.1 Å². The van der Waals surface area contributed by atoms with E-state index in [4.69, 9.17) is 9.47 Å². The third-order valence-electron chi connectivity index (χ3n) is 3.49. The van der Waals surface area contributed by atoms with Crippen LogP contribution in [-0.2, 0) is 6.54 Å². The molecule has 2 amide bonds. The number of aryl methyl sites for hydroxylation is 1. The summed E-state index contributed by atoms with van der Waals surface area (Å²) in [7, 11) is 1.29. The molecule has 0 atom stereocenters. The molecule has 0 aliphatic heterocycles. The third kappa shape index (κ3) is 6.36. The predicted octanol–water partition coefficient (Wildman–Crippen LogP) is 4.41. The van der Waals surface area contributed by atoms with Gasteiger partial charge in [-0.3, -0.25) is 0 Å². The number of urea groups is 1. The van der Waals surface area contributed by atoms with Crippen LogP contribution in [0.1, 0.15) is 11.1 Å². The smallest absolute Gasteiger partial charge is 0.422 e. The Bertz CT molecular complexity index is 810. The minimum absolute atomic E-state index is 0.104. The molecule has 0 saturated heterocycles. The first-order chi connectivity index (χ1) is 12.7. The van der Waals surface area contributed by atoms with Gasteiger partial charge in [0.15, 0.2) is 18.1 Å². The molecule has 2 N–H and O–H groups in total. The quantitative estimate of drug-likeness (QED) is 0.724. The highest BCUT2D eigenvalue weighted by atomic mass is 19.4. The number of rotatable bonds is 6. The highest BCUT2D eigenvalue weighted by Gasteiger charge is 2.29. The summed E-state index contributed by atoms with van der Waals surface area (Å²) in [5, 5.41) is 5.06. The second kappa shape index (κ2) is 8.61. The van der Waals surface area contributed by atoms with Crippen LogP contribution in [0.3, 0.4) is 0 Å². The van der Waals surface area contributed by atoms with Gasteiger partial charge >= 0.3 is 12.2 Å². The second-order valence-electron chi connectivity index (χ2n) is 5.66. The van der Waals surface area contributed by atoms with Crippen molar-refractivity contribution in [2.75, 3.05) is 19.0 Å². The van der Waals surface area contributed by atoms with E-state index in [1.807, 2.05) is 0 Å². The Morgan fingerprint density at radius 2 is 1.85 bits per heavy atom. The molecular formula is C18H18F4N2O3. The molecular weight excluding hydrogens is 368 g/mol. The molecule has 0 unspecified atom stereocenters. The van der Waals surface area contributed by atoms with Crippen molar-refractivity contribution in [3.05, 3.63) is 53.3 Å². The first-order valence-electron chi connectivity index (χ1n) is 7.85. The number of benzene rings is 2. The first-order valence-corrected chi connectivity index (χ1v) is 7.85. The topological polar surface area (TPSA) is 59.6 Å². The summed E-state index contributed by atoms with van der Waals surface area (Å²) in [5.41, 5.74) is 1.38. The second-order valence-corrected chi connectivity index (χ2v) is 5.66. The van der Waals surface area contributed by atoms with Gasteiger partial charge in [0.2, 0.25) is 0 Å². The van der Waals surface area contributed by atoms with Crippen molar-refractivity contribution in [3.8, 4) is 11.5 Å². The minimum Gasteiger partial charge on any atom is -0.493 e. The fraction of sp³-hybridized carbons (Fsp3) is 0.278. The van der Waals surface area contributed by atoms with Crippen LogP contribution >= 0.6 is 0 Å². The van der Waals surface area contributed by atoms with Crippen molar-refractivity contribution in [1.29, 1.82) is 0 Å². The summed E-state index contributed by atoms with van der Waals surface area (Å²) in [6.07, 6.45) is -4.50. The fourth-order valence-corrected chi connectivity index (χ4v) is 2.20. The van der Waals surface area contributed by atoms with E-state index in [2.05, 4.69) is 10.6 Å². The first kappa shape index (κ1) is 20.3. The zero-order valence-electron chi connectivity index (χ0n) is 14.6. The lowest BCUT2D eigenvalue weighted by molar-refractivity contribution is -0.153. The molecule has 2 aromatic rings. The van der Waals surface area contributed by atoms with E-state index >= 15 is 0 Å². The average molecular weight is 386 g/mol. The zero-order valence-corrected chi connectivity index (χ0v) is 14.6. The maximum Gasteiger partial charge on any atom is 0.422 e. The number of ether oxygens (including phenoxy) is 2. The number of carbonyl (C=O) groups is 1. The zero-order chi connectivity index (χ0) is 20.0. The fourth-order valence-electron chi connectivity index (χ4n) is 2.20. The summed E-state index contributed by atoms with van der Waals surface area (Å²) in [5.74, 6) is -0.387. The van der Waals surface area contributed by atoms with Gasteiger partial charge in [-0.25, -0.2) is 9.18 Å². The molecule has 5 nitrogen and oxygen atoms in total.